The van der Waals surface area contributed by atoms with E-state index in [2.05, 4.69) is 0 Å². The van der Waals surface area contributed by atoms with Gasteiger partial charge in [0.25, 0.3) is 0 Å². The molecule has 0 unspecified atom stereocenters. The van der Waals surface area contributed by atoms with Crippen molar-refractivity contribution in [2.75, 3.05) is 7.11 Å². The second-order valence-corrected chi connectivity index (χ2v) is 8.90. The van der Waals surface area contributed by atoms with Gasteiger partial charge in [0.05, 0.1) is 0 Å². The summed E-state index contributed by atoms with van der Waals surface area (Å²) < 4.78 is 44.6. The molecule has 0 amide bonds. The maximum atomic E-state index is 13.4. The van der Waals surface area contributed by atoms with Gasteiger partial charge in [-0.05, 0) is 51.0 Å². The Morgan fingerprint density at radius 1 is 0.760 bits per heavy atom. The Balaban J connectivity index is 2.40. The Hall–Kier alpha value is -1.60. The molecule has 0 aliphatic heterocycles. The molecule has 0 aromatic heterocycles. The van der Waals surface area contributed by atoms with Gasteiger partial charge in [-0.25, -0.2) is 8.78 Å². The van der Waals surface area contributed by atoms with Crippen LogP contribution in [0, 0.1) is 11.6 Å². The van der Waals surface area contributed by atoms with E-state index in [0.717, 1.165) is 11.3 Å². The molecular weight excluding hydrogens is 342 g/mol. The minimum atomic E-state index is -3.07. The molecular formula is C19H24F2O3Si. The molecule has 2 aromatic carbocycles. The van der Waals surface area contributed by atoms with Gasteiger partial charge in [0.2, 0.25) is 0 Å². The van der Waals surface area contributed by atoms with Gasteiger partial charge in [0.1, 0.15) is 11.6 Å². The van der Waals surface area contributed by atoms with E-state index in [1.54, 1.807) is 19.2 Å². The van der Waals surface area contributed by atoms with Crippen LogP contribution in [0.1, 0.15) is 27.7 Å². The largest absolute Gasteiger partial charge is 0.537 e. The van der Waals surface area contributed by atoms with Gasteiger partial charge in [0, 0.05) is 30.6 Å². The van der Waals surface area contributed by atoms with Crippen LogP contribution in [0.25, 0.3) is 11.1 Å². The van der Waals surface area contributed by atoms with Gasteiger partial charge in [-0.15, -0.1) is 0 Å². The molecule has 0 radical (unpaired) electrons. The lowest BCUT2D eigenvalue weighted by atomic mass is 10.1. The van der Waals surface area contributed by atoms with Crippen LogP contribution >= 0.6 is 0 Å². The third-order valence-electron chi connectivity index (χ3n) is 3.48. The van der Waals surface area contributed by atoms with Crippen molar-refractivity contribution < 1.29 is 22.1 Å². The molecule has 0 aliphatic rings. The first-order valence-corrected chi connectivity index (χ1v) is 9.96. The summed E-state index contributed by atoms with van der Waals surface area (Å²) in [7, 11) is -1.49. The van der Waals surface area contributed by atoms with Crippen LogP contribution < -0.4 is 5.19 Å². The Morgan fingerprint density at radius 3 is 1.64 bits per heavy atom. The van der Waals surface area contributed by atoms with Crippen molar-refractivity contribution in [2.45, 2.75) is 39.9 Å². The average Bonchev–Trinajstić information content (AvgIpc) is 2.52. The van der Waals surface area contributed by atoms with Crippen LogP contribution in [0.2, 0.25) is 0 Å². The van der Waals surface area contributed by atoms with Crippen LogP contribution in [0.15, 0.2) is 42.5 Å². The summed E-state index contributed by atoms with van der Waals surface area (Å²) in [6.07, 6.45) is -0.135. The zero-order valence-corrected chi connectivity index (χ0v) is 16.2. The normalized spacial score (nSPS) is 12.2. The fraction of sp³-hybridized carbons (Fsp3) is 0.368. The maximum Gasteiger partial charge on any atom is 0.537 e. The number of halogens is 2. The van der Waals surface area contributed by atoms with Gasteiger partial charge in [0.15, 0.2) is 0 Å². The molecule has 0 spiro atoms. The first kappa shape index (κ1) is 19.7. The Labute approximate surface area is 148 Å². The molecule has 25 heavy (non-hydrogen) atoms. The van der Waals surface area contributed by atoms with Gasteiger partial charge in [-0.1, -0.05) is 24.3 Å². The van der Waals surface area contributed by atoms with Crippen molar-refractivity contribution in [1.29, 1.82) is 0 Å². The molecule has 0 bridgehead atoms. The fourth-order valence-corrected chi connectivity index (χ4v) is 5.16. The molecule has 0 saturated carbocycles. The van der Waals surface area contributed by atoms with Crippen molar-refractivity contribution in [2.24, 2.45) is 0 Å². The van der Waals surface area contributed by atoms with E-state index in [1.165, 1.54) is 12.1 Å². The molecule has 2 rings (SSSR count). The Kier molecular flexibility index (Phi) is 6.45. The zero-order chi connectivity index (χ0) is 18.6. The van der Waals surface area contributed by atoms with Crippen LogP contribution in [0.3, 0.4) is 0 Å². The predicted molar refractivity (Wildman–Crippen MR) is 96.6 cm³/mol. The minimum absolute atomic E-state index is 0.0673. The van der Waals surface area contributed by atoms with Gasteiger partial charge in [-0.2, -0.15) is 0 Å². The zero-order valence-electron chi connectivity index (χ0n) is 15.2. The molecule has 0 fully saturated rings. The Morgan fingerprint density at radius 2 is 1.24 bits per heavy atom. The van der Waals surface area contributed by atoms with Gasteiger partial charge < -0.3 is 13.3 Å². The number of hydrogen-bond donors (Lipinski definition) is 0. The van der Waals surface area contributed by atoms with Crippen molar-refractivity contribution in [3.8, 4) is 11.1 Å². The van der Waals surface area contributed by atoms with Crippen LogP contribution in [-0.2, 0) is 13.3 Å². The van der Waals surface area contributed by atoms with E-state index >= 15 is 0 Å². The average molecular weight is 366 g/mol. The number of rotatable bonds is 7. The van der Waals surface area contributed by atoms with E-state index in [9.17, 15) is 8.78 Å². The Bertz CT molecular complexity index is 672. The highest BCUT2D eigenvalue weighted by Gasteiger charge is 2.44. The summed E-state index contributed by atoms with van der Waals surface area (Å²) in [5, 5.41) is 0.804. The van der Waals surface area contributed by atoms with Crippen molar-refractivity contribution in [3.63, 3.8) is 0 Å². The van der Waals surface area contributed by atoms with Crippen molar-refractivity contribution >= 4 is 14.0 Å². The van der Waals surface area contributed by atoms with E-state index < -0.39 is 20.4 Å². The summed E-state index contributed by atoms with van der Waals surface area (Å²) in [6.45, 7) is 7.70. The highest BCUT2D eigenvalue weighted by atomic mass is 28.4. The van der Waals surface area contributed by atoms with E-state index in [-0.39, 0.29) is 12.2 Å². The molecule has 0 saturated heterocycles. The molecule has 0 N–H and O–H groups in total. The summed E-state index contributed by atoms with van der Waals surface area (Å²) in [6, 6.07) is 10.7. The second kappa shape index (κ2) is 8.18. The molecule has 0 heterocycles. The molecule has 6 heteroatoms. The molecule has 0 atom stereocenters. The lowest BCUT2D eigenvalue weighted by Gasteiger charge is -2.32. The lowest BCUT2D eigenvalue weighted by molar-refractivity contribution is 0.0456. The third-order valence-corrected chi connectivity index (χ3v) is 6.63. The monoisotopic (exact) mass is 366 g/mol. The van der Waals surface area contributed by atoms with Crippen LogP contribution in [0.5, 0.6) is 0 Å². The SMILES string of the molecule is CO[Si](OC(C)C)(OC(C)C)c1ccc(-c2cc(F)cc(F)c2)cc1. The van der Waals surface area contributed by atoms with Crippen molar-refractivity contribution in [1.82, 2.24) is 0 Å². The smallest absolute Gasteiger partial charge is 0.373 e. The summed E-state index contributed by atoms with van der Waals surface area (Å²) in [4.78, 5) is 0. The van der Waals surface area contributed by atoms with Crippen LogP contribution in [-0.4, -0.2) is 28.1 Å². The maximum absolute atomic E-state index is 13.4. The standard InChI is InChI=1S/C19H24F2O3Si/c1-13(2)23-25(22-5,24-14(3)4)19-8-6-15(7-9-19)16-10-17(20)12-18(21)11-16/h6-14H,1-5H3. The minimum Gasteiger partial charge on any atom is -0.373 e. The summed E-state index contributed by atoms with van der Waals surface area (Å²) in [5.74, 6) is -1.21. The molecule has 2 aromatic rings. The molecule has 0 aliphatic carbocycles. The first-order chi connectivity index (χ1) is 11.8. The molecule has 136 valence electrons. The predicted octanol–water partition coefficient (Wildman–Crippen LogP) is 4.27. The highest BCUT2D eigenvalue weighted by Crippen LogP contribution is 2.22. The van der Waals surface area contributed by atoms with Crippen molar-refractivity contribution in [3.05, 3.63) is 54.1 Å². The number of benzene rings is 2. The fourth-order valence-electron chi connectivity index (χ4n) is 2.59. The third kappa shape index (κ3) is 4.95. The molecule has 3 nitrogen and oxygen atoms in total. The summed E-state index contributed by atoms with van der Waals surface area (Å²) in [5.41, 5.74) is 1.18. The van der Waals surface area contributed by atoms with Gasteiger partial charge in [-0.3, -0.25) is 0 Å². The summed E-state index contributed by atoms with van der Waals surface area (Å²) >= 11 is 0. The quantitative estimate of drug-likeness (QED) is 0.685. The second-order valence-electron chi connectivity index (χ2n) is 6.33. The topological polar surface area (TPSA) is 27.7 Å². The van der Waals surface area contributed by atoms with E-state index in [0.29, 0.717) is 11.1 Å². The lowest BCUT2D eigenvalue weighted by Crippen LogP contribution is -2.58. The van der Waals surface area contributed by atoms with E-state index in [1.807, 2.05) is 39.8 Å². The van der Waals surface area contributed by atoms with E-state index in [4.69, 9.17) is 13.3 Å². The van der Waals surface area contributed by atoms with Crippen LogP contribution in [0.4, 0.5) is 8.78 Å². The highest BCUT2D eigenvalue weighted by molar-refractivity contribution is 6.75. The first-order valence-electron chi connectivity index (χ1n) is 8.23. The number of hydrogen-bond acceptors (Lipinski definition) is 3. The van der Waals surface area contributed by atoms with Gasteiger partial charge >= 0.3 is 8.80 Å².